The molecule has 0 fully saturated rings. The normalized spacial score (nSPS) is 9.71. The Kier molecular flexibility index (Phi) is 4.06. The minimum absolute atomic E-state index is 0.0433. The van der Waals surface area contributed by atoms with E-state index < -0.39 is 10.9 Å². The van der Waals surface area contributed by atoms with Gasteiger partial charge < -0.3 is 10.4 Å². The molecule has 0 radical (unpaired) electrons. The molecule has 0 aliphatic carbocycles. The zero-order valence-corrected chi connectivity index (χ0v) is 9.40. The maximum atomic E-state index is 10.7. The Balaban J connectivity index is 3.11. The highest BCUT2D eigenvalue weighted by molar-refractivity contribution is 6.29. The smallest absolute Gasteiger partial charge is 0.335 e. The summed E-state index contributed by atoms with van der Waals surface area (Å²) in [5.41, 5.74) is -0.164. The second-order valence-corrected chi connectivity index (χ2v) is 3.70. The minimum atomic E-state index is -1.16. The van der Waals surface area contributed by atoms with Crippen molar-refractivity contribution < 1.29 is 14.8 Å². The summed E-state index contributed by atoms with van der Waals surface area (Å²) >= 11 is 5.52. The SMILES string of the molecule is C=C(Cl)CNc1cc(C(=O)O)ccc1[N+](=O)[O-]. The Morgan fingerprint density at radius 3 is 2.71 bits per heavy atom. The maximum Gasteiger partial charge on any atom is 0.335 e. The fourth-order valence-electron chi connectivity index (χ4n) is 1.16. The van der Waals surface area contributed by atoms with Crippen molar-refractivity contribution in [2.45, 2.75) is 0 Å². The third-order valence-corrected chi connectivity index (χ3v) is 2.04. The van der Waals surface area contributed by atoms with E-state index in [2.05, 4.69) is 11.9 Å². The number of aromatic carboxylic acids is 1. The van der Waals surface area contributed by atoms with Crippen LogP contribution in [0.2, 0.25) is 0 Å². The van der Waals surface area contributed by atoms with E-state index in [1.54, 1.807) is 0 Å². The fraction of sp³-hybridized carbons (Fsp3) is 0.100. The molecule has 0 atom stereocenters. The maximum absolute atomic E-state index is 10.7. The number of halogens is 1. The number of hydrogen-bond acceptors (Lipinski definition) is 4. The Bertz CT molecular complexity index is 487. The molecular weight excluding hydrogens is 248 g/mol. The first-order valence-electron chi connectivity index (χ1n) is 4.50. The van der Waals surface area contributed by atoms with Crippen LogP contribution in [-0.2, 0) is 0 Å². The van der Waals surface area contributed by atoms with Crippen LogP contribution in [-0.4, -0.2) is 22.5 Å². The highest BCUT2D eigenvalue weighted by atomic mass is 35.5. The molecule has 0 aliphatic rings. The van der Waals surface area contributed by atoms with Gasteiger partial charge >= 0.3 is 5.97 Å². The van der Waals surface area contributed by atoms with Crippen molar-refractivity contribution in [2.75, 3.05) is 11.9 Å². The van der Waals surface area contributed by atoms with Crippen molar-refractivity contribution in [1.29, 1.82) is 0 Å². The summed E-state index contributed by atoms with van der Waals surface area (Å²) in [7, 11) is 0. The van der Waals surface area contributed by atoms with Gasteiger partial charge in [-0.2, -0.15) is 0 Å². The van der Waals surface area contributed by atoms with Gasteiger partial charge in [0.05, 0.1) is 17.0 Å². The summed E-state index contributed by atoms with van der Waals surface area (Å²) in [5.74, 6) is -1.16. The Morgan fingerprint density at radius 2 is 2.24 bits per heavy atom. The van der Waals surface area contributed by atoms with Crippen molar-refractivity contribution in [3.05, 3.63) is 45.5 Å². The lowest BCUT2D eigenvalue weighted by Crippen LogP contribution is -2.06. The van der Waals surface area contributed by atoms with E-state index in [1.807, 2.05) is 0 Å². The molecule has 2 N–H and O–H groups in total. The van der Waals surface area contributed by atoms with Crippen molar-refractivity contribution in [3.8, 4) is 0 Å². The number of nitrogens with one attached hydrogen (secondary N) is 1. The van der Waals surface area contributed by atoms with Crippen LogP contribution >= 0.6 is 11.6 Å². The molecule has 0 spiro atoms. The number of carboxylic acids is 1. The predicted octanol–water partition coefficient (Wildman–Crippen LogP) is 2.46. The molecule has 0 heterocycles. The summed E-state index contributed by atoms with van der Waals surface area (Å²) in [4.78, 5) is 20.8. The van der Waals surface area contributed by atoms with Gasteiger partial charge in [0.25, 0.3) is 5.69 Å². The van der Waals surface area contributed by atoms with Gasteiger partial charge in [0.1, 0.15) is 5.69 Å². The van der Waals surface area contributed by atoms with Gasteiger partial charge in [0, 0.05) is 11.1 Å². The summed E-state index contributed by atoms with van der Waals surface area (Å²) in [6, 6.07) is 3.48. The van der Waals surface area contributed by atoms with Gasteiger partial charge in [-0.15, -0.1) is 0 Å². The third-order valence-electron chi connectivity index (χ3n) is 1.91. The highest BCUT2D eigenvalue weighted by Gasteiger charge is 2.16. The van der Waals surface area contributed by atoms with Gasteiger partial charge in [-0.25, -0.2) is 4.79 Å². The van der Waals surface area contributed by atoms with E-state index in [0.29, 0.717) is 0 Å². The topological polar surface area (TPSA) is 92.5 Å². The van der Waals surface area contributed by atoms with Crippen LogP contribution in [0.5, 0.6) is 0 Å². The van der Waals surface area contributed by atoms with E-state index in [1.165, 1.54) is 12.1 Å². The molecule has 0 aliphatic heterocycles. The van der Waals surface area contributed by atoms with Crippen molar-refractivity contribution in [3.63, 3.8) is 0 Å². The molecule has 1 aromatic carbocycles. The number of nitro benzene ring substituents is 1. The molecule has 90 valence electrons. The molecule has 0 amide bonds. The molecular formula is C10H9ClN2O4. The first-order valence-corrected chi connectivity index (χ1v) is 4.88. The van der Waals surface area contributed by atoms with E-state index in [9.17, 15) is 14.9 Å². The lowest BCUT2D eigenvalue weighted by molar-refractivity contribution is -0.384. The summed E-state index contributed by atoms with van der Waals surface area (Å²) < 4.78 is 0. The first-order chi connectivity index (χ1) is 7.91. The van der Waals surface area contributed by atoms with Crippen LogP contribution in [0, 0.1) is 10.1 Å². The quantitative estimate of drug-likeness (QED) is 0.623. The molecule has 7 heteroatoms. The summed E-state index contributed by atoms with van der Waals surface area (Å²) in [6.45, 7) is 3.54. The number of carboxylic acid groups (broad SMARTS) is 1. The number of carbonyl (C=O) groups is 1. The van der Waals surface area contributed by atoms with Crippen LogP contribution in [0.4, 0.5) is 11.4 Å². The van der Waals surface area contributed by atoms with Crippen molar-refractivity contribution >= 4 is 28.9 Å². The molecule has 0 aromatic heterocycles. The second-order valence-electron chi connectivity index (χ2n) is 3.17. The molecule has 1 rings (SSSR count). The summed E-state index contributed by atoms with van der Waals surface area (Å²) in [6.07, 6.45) is 0. The molecule has 6 nitrogen and oxygen atoms in total. The highest BCUT2D eigenvalue weighted by Crippen LogP contribution is 2.25. The van der Waals surface area contributed by atoms with E-state index in [-0.39, 0.29) is 28.5 Å². The molecule has 0 bridgehead atoms. The van der Waals surface area contributed by atoms with E-state index in [4.69, 9.17) is 16.7 Å². The molecule has 0 unspecified atom stereocenters. The van der Waals surface area contributed by atoms with Crippen LogP contribution in [0.1, 0.15) is 10.4 Å². The first kappa shape index (κ1) is 13.0. The lowest BCUT2D eigenvalue weighted by Gasteiger charge is -2.06. The fourth-order valence-corrected chi connectivity index (χ4v) is 1.23. The van der Waals surface area contributed by atoms with Gasteiger partial charge in [-0.1, -0.05) is 18.2 Å². The Hall–Kier alpha value is -2.08. The molecule has 17 heavy (non-hydrogen) atoms. The number of hydrogen-bond donors (Lipinski definition) is 2. The number of nitro groups is 1. The zero-order valence-electron chi connectivity index (χ0n) is 8.64. The number of rotatable bonds is 5. The van der Waals surface area contributed by atoms with Crippen LogP contribution in [0.25, 0.3) is 0 Å². The summed E-state index contributed by atoms with van der Waals surface area (Å²) in [5, 5.41) is 22.4. The average Bonchev–Trinajstić information content (AvgIpc) is 2.25. The van der Waals surface area contributed by atoms with Crippen LogP contribution in [0.3, 0.4) is 0 Å². The van der Waals surface area contributed by atoms with E-state index >= 15 is 0 Å². The largest absolute Gasteiger partial charge is 0.478 e. The van der Waals surface area contributed by atoms with E-state index in [0.717, 1.165) is 6.07 Å². The average molecular weight is 257 g/mol. The van der Waals surface area contributed by atoms with Gasteiger partial charge in [0.15, 0.2) is 0 Å². The number of benzene rings is 1. The number of anilines is 1. The third kappa shape index (κ3) is 3.46. The van der Waals surface area contributed by atoms with Crippen molar-refractivity contribution in [2.24, 2.45) is 0 Å². The lowest BCUT2D eigenvalue weighted by atomic mass is 10.1. The zero-order chi connectivity index (χ0) is 13.0. The molecule has 0 saturated carbocycles. The Morgan fingerprint density at radius 1 is 1.59 bits per heavy atom. The van der Waals surface area contributed by atoms with Crippen molar-refractivity contribution in [1.82, 2.24) is 0 Å². The van der Waals surface area contributed by atoms with Gasteiger partial charge in [0.2, 0.25) is 0 Å². The minimum Gasteiger partial charge on any atom is -0.478 e. The standard InChI is InChI=1S/C10H9ClN2O4/c1-6(11)5-12-8-4-7(10(14)15)2-3-9(8)13(16)17/h2-4,12H,1,5H2,(H,14,15). The van der Waals surface area contributed by atoms with Gasteiger partial charge in [-0.3, -0.25) is 10.1 Å². The number of nitrogens with zero attached hydrogens (tertiary/aromatic N) is 1. The molecule has 0 saturated heterocycles. The predicted molar refractivity (Wildman–Crippen MR) is 63.5 cm³/mol. The second kappa shape index (κ2) is 5.31. The molecule has 1 aromatic rings. The van der Waals surface area contributed by atoms with Crippen LogP contribution < -0.4 is 5.32 Å². The Labute approximate surface area is 102 Å². The monoisotopic (exact) mass is 256 g/mol. The van der Waals surface area contributed by atoms with Gasteiger partial charge in [-0.05, 0) is 12.1 Å². The van der Waals surface area contributed by atoms with Crippen LogP contribution in [0.15, 0.2) is 29.8 Å².